The minimum Gasteiger partial charge on any atom is -0.368 e. The first-order valence-electron chi connectivity index (χ1n) is 4.61. The Bertz CT molecular complexity index is 202. The number of unbranched alkanes of at least 4 members (excludes halogenated alkanes) is 1. The van der Waals surface area contributed by atoms with Crippen LogP contribution < -0.4 is 0 Å². The van der Waals surface area contributed by atoms with Crippen molar-refractivity contribution in [2.45, 2.75) is 32.0 Å². The van der Waals surface area contributed by atoms with E-state index in [0.29, 0.717) is 18.9 Å². The summed E-state index contributed by atoms with van der Waals surface area (Å²) in [4.78, 5) is 0. The Kier molecular flexibility index (Phi) is 2.28. The summed E-state index contributed by atoms with van der Waals surface area (Å²) in [6.07, 6.45) is 4.00. The van der Waals surface area contributed by atoms with Gasteiger partial charge in [-0.05, 0) is 6.42 Å². The molecule has 2 fully saturated rings. The van der Waals surface area contributed by atoms with Crippen LogP contribution in [0.3, 0.4) is 0 Å². The Morgan fingerprint density at radius 3 is 2.75 bits per heavy atom. The van der Waals surface area contributed by atoms with E-state index in [9.17, 15) is 4.57 Å². The van der Waals surface area contributed by atoms with Gasteiger partial charge in [-0.1, -0.05) is 13.3 Å². The lowest BCUT2D eigenvalue weighted by Gasteiger charge is -2.12. The number of ether oxygens (including phenoxy) is 1. The zero-order valence-electron chi connectivity index (χ0n) is 7.36. The Morgan fingerprint density at radius 1 is 1.50 bits per heavy atom. The third-order valence-corrected chi connectivity index (χ3v) is 4.91. The Hall–Kier alpha value is 0.150. The number of rotatable bonds is 4. The number of hydrogen-bond acceptors (Lipinski definition) is 3. The lowest BCUT2D eigenvalue weighted by atomic mass is 10.4. The third-order valence-electron chi connectivity index (χ3n) is 2.43. The molecule has 2 heterocycles. The second-order valence-electron chi connectivity index (χ2n) is 3.58. The van der Waals surface area contributed by atoms with E-state index in [1.54, 1.807) is 0 Å². The van der Waals surface area contributed by atoms with Gasteiger partial charge in [-0.3, -0.25) is 4.57 Å². The Balaban J connectivity index is 1.76. The molecule has 2 aliphatic rings. The number of epoxide rings is 1. The van der Waals surface area contributed by atoms with E-state index in [4.69, 9.17) is 9.26 Å². The molecule has 0 aromatic carbocycles. The summed E-state index contributed by atoms with van der Waals surface area (Å²) in [6.45, 7) is 2.77. The van der Waals surface area contributed by atoms with Gasteiger partial charge in [0.2, 0.25) is 7.37 Å². The van der Waals surface area contributed by atoms with Crippen molar-refractivity contribution >= 4 is 7.37 Å². The van der Waals surface area contributed by atoms with Gasteiger partial charge in [-0.15, -0.1) is 0 Å². The van der Waals surface area contributed by atoms with Crippen LogP contribution in [0.2, 0.25) is 0 Å². The highest BCUT2D eigenvalue weighted by atomic mass is 31.2. The van der Waals surface area contributed by atoms with Gasteiger partial charge in [0.15, 0.2) is 0 Å². The van der Waals surface area contributed by atoms with E-state index in [1.165, 1.54) is 0 Å². The van der Waals surface area contributed by atoms with Gasteiger partial charge in [0, 0.05) is 0 Å². The predicted octanol–water partition coefficient (Wildman–Crippen LogP) is 1.86. The van der Waals surface area contributed by atoms with E-state index in [-0.39, 0.29) is 12.2 Å². The zero-order chi connectivity index (χ0) is 8.60. The lowest BCUT2D eigenvalue weighted by molar-refractivity contribution is 0.292. The van der Waals surface area contributed by atoms with E-state index in [2.05, 4.69) is 6.92 Å². The van der Waals surface area contributed by atoms with Crippen LogP contribution in [0, 0.1) is 0 Å². The topological polar surface area (TPSA) is 38.8 Å². The van der Waals surface area contributed by atoms with Crippen LogP contribution in [0.4, 0.5) is 0 Å². The van der Waals surface area contributed by atoms with Crippen molar-refractivity contribution in [2.24, 2.45) is 0 Å². The fourth-order valence-electron chi connectivity index (χ4n) is 1.60. The SMILES string of the molecule is CCCCOP1(=O)CC2OC2C1. The fraction of sp³-hybridized carbons (Fsp3) is 1.00. The normalized spacial score (nSPS) is 44.4. The van der Waals surface area contributed by atoms with E-state index in [1.807, 2.05) is 0 Å². The Labute approximate surface area is 72.9 Å². The van der Waals surface area contributed by atoms with Crippen LogP contribution in [-0.2, 0) is 13.8 Å². The summed E-state index contributed by atoms with van der Waals surface area (Å²) in [7, 11) is -2.23. The molecule has 3 nitrogen and oxygen atoms in total. The van der Waals surface area contributed by atoms with E-state index in [0.717, 1.165) is 12.8 Å². The maximum atomic E-state index is 11.8. The van der Waals surface area contributed by atoms with Gasteiger partial charge in [0.05, 0.1) is 31.1 Å². The van der Waals surface area contributed by atoms with Crippen LogP contribution in [0.1, 0.15) is 19.8 Å². The molecule has 0 bridgehead atoms. The minimum absolute atomic E-state index is 0.275. The standard InChI is InChI=1S/C8H15O3P/c1-2-3-4-10-12(9)5-7-8(6-12)11-7/h7-8H,2-6H2,1H3. The first-order chi connectivity index (χ1) is 5.73. The summed E-state index contributed by atoms with van der Waals surface area (Å²) in [5.74, 6) is 0. The van der Waals surface area contributed by atoms with Crippen molar-refractivity contribution in [1.82, 2.24) is 0 Å². The molecule has 2 unspecified atom stereocenters. The largest absolute Gasteiger partial charge is 0.368 e. The van der Waals surface area contributed by atoms with Gasteiger partial charge in [-0.25, -0.2) is 0 Å². The third kappa shape index (κ3) is 1.73. The van der Waals surface area contributed by atoms with Crippen molar-refractivity contribution in [3.8, 4) is 0 Å². The highest BCUT2D eigenvalue weighted by Crippen LogP contribution is 2.59. The van der Waals surface area contributed by atoms with Crippen LogP contribution in [0.5, 0.6) is 0 Å². The number of hydrogen-bond donors (Lipinski definition) is 0. The molecule has 0 N–H and O–H groups in total. The smallest absolute Gasteiger partial charge is 0.208 e. The van der Waals surface area contributed by atoms with Crippen molar-refractivity contribution in [3.63, 3.8) is 0 Å². The molecule has 2 aliphatic heterocycles. The average molecular weight is 190 g/mol. The molecule has 4 heteroatoms. The second-order valence-corrected chi connectivity index (χ2v) is 6.20. The number of fused-ring (bicyclic) bond motifs is 1. The summed E-state index contributed by atoms with van der Waals surface area (Å²) in [5.41, 5.74) is 0. The summed E-state index contributed by atoms with van der Waals surface area (Å²) >= 11 is 0. The van der Waals surface area contributed by atoms with Gasteiger partial charge in [0.25, 0.3) is 0 Å². The molecule has 0 aromatic heterocycles. The molecule has 0 spiro atoms. The van der Waals surface area contributed by atoms with E-state index >= 15 is 0 Å². The van der Waals surface area contributed by atoms with Crippen LogP contribution in [0.25, 0.3) is 0 Å². The van der Waals surface area contributed by atoms with Crippen molar-refractivity contribution in [2.75, 3.05) is 18.9 Å². The monoisotopic (exact) mass is 190 g/mol. The molecule has 70 valence electrons. The van der Waals surface area contributed by atoms with Crippen LogP contribution in [-0.4, -0.2) is 31.1 Å². The maximum Gasteiger partial charge on any atom is 0.208 e. The Morgan fingerprint density at radius 2 is 2.17 bits per heavy atom. The summed E-state index contributed by atoms with van der Waals surface area (Å²) in [5, 5.41) is 0. The van der Waals surface area contributed by atoms with Crippen molar-refractivity contribution in [3.05, 3.63) is 0 Å². The minimum atomic E-state index is -2.23. The summed E-state index contributed by atoms with van der Waals surface area (Å²) < 4.78 is 22.4. The molecule has 0 aromatic rings. The molecule has 0 amide bonds. The maximum absolute atomic E-state index is 11.8. The first kappa shape index (κ1) is 8.74. The van der Waals surface area contributed by atoms with Gasteiger partial charge < -0.3 is 9.26 Å². The quantitative estimate of drug-likeness (QED) is 0.386. The molecule has 2 rings (SSSR count). The fourth-order valence-corrected chi connectivity index (χ4v) is 4.16. The lowest BCUT2D eigenvalue weighted by Crippen LogP contribution is -1.99. The highest BCUT2D eigenvalue weighted by molar-refractivity contribution is 7.59. The zero-order valence-corrected chi connectivity index (χ0v) is 8.26. The van der Waals surface area contributed by atoms with Gasteiger partial charge >= 0.3 is 0 Å². The molecule has 0 aliphatic carbocycles. The summed E-state index contributed by atoms with van der Waals surface area (Å²) in [6, 6.07) is 0. The van der Waals surface area contributed by atoms with E-state index < -0.39 is 7.37 Å². The van der Waals surface area contributed by atoms with Crippen LogP contribution >= 0.6 is 7.37 Å². The van der Waals surface area contributed by atoms with Crippen molar-refractivity contribution in [1.29, 1.82) is 0 Å². The van der Waals surface area contributed by atoms with Gasteiger partial charge in [0.1, 0.15) is 0 Å². The second kappa shape index (κ2) is 3.13. The molecule has 0 radical (unpaired) electrons. The molecule has 2 atom stereocenters. The highest BCUT2D eigenvalue weighted by Gasteiger charge is 2.54. The van der Waals surface area contributed by atoms with Crippen LogP contribution in [0.15, 0.2) is 0 Å². The average Bonchev–Trinajstić information content (AvgIpc) is 2.61. The van der Waals surface area contributed by atoms with Crippen molar-refractivity contribution < 1.29 is 13.8 Å². The molecular formula is C8H15O3P. The molecule has 12 heavy (non-hydrogen) atoms. The predicted molar refractivity (Wildman–Crippen MR) is 46.9 cm³/mol. The molecule has 0 saturated carbocycles. The van der Waals surface area contributed by atoms with Gasteiger partial charge in [-0.2, -0.15) is 0 Å². The molecular weight excluding hydrogens is 175 g/mol. The molecule has 2 saturated heterocycles. The first-order valence-corrected chi connectivity index (χ1v) is 6.61.